The van der Waals surface area contributed by atoms with E-state index in [1.165, 1.54) is 36.8 Å². The molecule has 1 aliphatic heterocycles. The topological polar surface area (TPSA) is 57.2 Å². The van der Waals surface area contributed by atoms with Crippen molar-refractivity contribution in [3.8, 4) is 28.4 Å². The third-order valence-electron chi connectivity index (χ3n) is 8.65. The number of aliphatic hydroxyl groups is 1. The number of hydrogen-bond acceptors (Lipinski definition) is 7. The summed E-state index contributed by atoms with van der Waals surface area (Å²) in [6.07, 6.45) is 5.98. The molecule has 3 unspecified atom stereocenters. The van der Waals surface area contributed by atoms with Crippen molar-refractivity contribution < 1.29 is 24.1 Å². The fourth-order valence-electron chi connectivity index (χ4n) is 5.48. The largest absolute Gasteiger partial charge is 0.493 e. The first kappa shape index (κ1) is 40.0. The van der Waals surface area contributed by atoms with E-state index in [0.29, 0.717) is 25.7 Å². The smallest absolute Gasteiger partial charge is 0.189 e. The van der Waals surface area contributed by atoms with Gasteiger partial charge in [-0.2, -0.15) is 0 Å². The molecule has 1 aliphatic rings. The lowest BCUT2D eigenvalue weighted by atomic mass is 9.85. The van der Waals surface area contributed by atoms with Crippen LogP contribution in [0, 0.1) is 0 Å². The summed E-state index contributed by atoms with van der Waals surface area (Å²) in [4.78, 5) is 0. The molecule has 5 nitrogen and oxygen atoms in total. The number of thioether (sulfide) groups is 1. The van der Waals surface area contributed by atoms with Crippen molar-refractivity contribution in [2.45, 2.75) is 94.7 Å². The average molecular weight is 937 g/mol. The Labute approximate surface area is 326 Å². The van der Waals surface area contributed by atoms with Crippen LogP contribution in [-0.4, -0.2) is 46.4 Å². The van der Waals surface area contributed by atoms with Gasteiger partial charge in [0.05, 0.1) is 17.4 Å². The molecule has 264 valence electrons. The van der Waals surface area contributed by atoms with E-state index in [4.69, 9.17) is 18.9 Å². The van der Waals surface area contributed by atoms with Crippen molar-refractivity contribution in [3.05, 3.63) is 67.7 Å². The Hall–Kier alpha value is -0.760. The Morgan fingerprint density at radius 2 is 1.65 bits per heavy atom. The van der Waals surface area contributed by atoms with Gasteiger partial charge >= 0.3 is 0 Å². The molecule has 0 saturated heterocycles. The quantitative estimate of drug-likeness (QED) is 0.0527. The van der Waals surface area contributed by atoms with E-state index in [0.717, 1.165) is 60.6 Å². The Bertz CT molecular complexity index is 1490. The molecule has 0 amide bonds. The summed E-state index contributed by atoms with van der Waals surface area (Å²) in [5.74, 6) is 2.91. The first-order chi connectivity index (χ1) is 23.1. The summed E-state index contributed by atoms with van der Waals surface area (Å²) in [6.45, 7) is 13.0. The van der Waals surface area contributed by atoms with Crippen LogP contribution < -0.4 is 14.2 Å². The van der Waals surface area contributed by atoms with E-state index in [-0.39, 0.29) is 16.4 Å². The first-order valence-electron chi connectivity index (χ1n) is 16.9. The standard InChI is InChI=1S/C38H49Br2IO5S2/c1-6-8-9-12-25(3)26-13-15-32(28(19-26)31-22-48-37(40)35(31)46-24-43-7-2)44-17-10-11-18-45-33-16-14-27(38(4,5)23-41)20-29(33)30-21-47-36(39)34(30)42/h13-16,19-22,25,34,36,42H,6-12,17-18,23-24H2,1-5H3. The van der Waals surface area contributed by atoms with Crippen LogP contribution in [0.5, 0.6) is 17.2 Å². The zero-order chi connectivity index (χ0) is 34.7. The molecule has 0 saturated carbocycles. The van der Waals surface area contributed by atoms with E-state index in [9.17, 15) is 5.11 Å². The van der Waals surface area contributed by atoms with Crippen LogP contribution in [0.4, 0.5) is 0 Å². The third kappa shape index (κ3) is 10.6. The normalized spacial score (nSPS) is 17.0. The number of alkyl halides is 2. The predicted molar refractivity (Wildman–Crippen MR) is 220 cm³/mol. The number of halogens is 3. The van der Waals surface area contributed by atoms with Gasteiger partial charge in [0.25, 0.3) is 0 Å². The molecule has 0 spiro atoms. The minimum Gasteiger partial charge on any atom is -0.493 e. The Kier molecular flexibility index (Phi) is 16.5. The molecule has 4 rings (SSSR count). The maximum Gasteiger partial charge on any atom is 0.189 e. The van der Waals surface area contributed by atoms with Crippen molar-refractivity contribution in [1.29, 1.82) is 0 Å². The van der Waals surface area contributed by atoms with Gasteiger partial charge in [-0.1, -0.05) is 97.6 Å². The lowest BCUT2D eigenvalue weighted by Gasteiger charge is -2.25. The lowest BCUT2D eigenvalue weighted by molar-refractivity contribution is 0.0226. The molecule has 1 N–H and O–H groups in total. The molecule has 2 heterocycles. The fourth-order valence-corrected chi connectivity index (χ4v) is 8.71. The van der Waals surface area contributed by atoms with Crippen molar-refractivity contribution in [3.63, 3.8) is 0 Å². The zero-order valence-corrected chi connectivity index (χ0v) is 35.6. The van der Waals surface area contributed by atoms with E-state index >= 15 is 0 Å². The fraction of sp³-hybridized carbons (Fsp3) is 0.526. The minimum absolute atomic E-state index is 0.0235. The second kappa shape index (κ2) is 19.7. The van der Waals surface area contributed by atoms with E-state index in [1.54, 1.807) is 23.1 Å². The first-order valence-corrected chi connectivity index (χ1v) is 21.9. The van der Waals surface area contributed by atoms with Crippen LogP contribution in [0.1, 0.15) is 95.8 Å². The molecular formula is C38H49Br2IO5S2. The summed E-state index contributed by atoms with van der Waals surface area (Å²) in [5, 5.41) is 15.1. The molecule has 1 aromatic heterocycles. The van der Waals surface area contributed by atoms with Crippen LogP contribution in [0.25, 0.3) is 16.7 Å². The van der Waals surface area contributed by atoms with Gasteiger partial charge in [0.15, 0.2) is 12.5 Å². The van der Waals surface area contributed by atoms with Crippen LogP contribution in [0.3, 0.4) is 0 Å². The summed E-state index contributed by atoms with van der Waals surface area (Å²) in [5.41, 5.74) is 6.52. The van der Waals surface area contributed by atoms with Gasteiger partial charge in [0.2, 0.25) is 0 Å². The maximum absolute atomic E-state index is 10.9. The molecule has 10 heteroatoms. The summed E-state index contributed by atoms with van der Waals surface area (Å²) >= 11 is 12.9. The van der Waals surface area contributed by atoms with Crippen LogP contribution in [0.15, 0.2) is 51.0 Å². The van der Waals surface area contributed by atoms with Crippen LogP contribution in [-0.2, 0) is 10.2 Å². The maximum atomic E-state index is 10.9. The summed E-state index contributed by atoms with van der Waals surface area (Å²) in [7, 11) is 0. The average Bonchev–Trinajstić information content (AvgIpc) is 3.62. The molecule has 48 heavy (non-hydrogen) atoms. The van der Waals surface area contributed by atoms with Crippen molar-refractivity contribution in [2.24, 2.45) is 0 Å². The van der Waals surface area contributed by atoms with Crippen LogP contribution in [0.2, 0.25) is 0 Å². The van der Waals surface area contributed by atoms with E-state index < -0.39 is 6.10 Å². The second-order valence-corrected chi connectivity index (χ2v) is 18.4. The molecular weight excluding hydrogens is 887 g/mol. The Morgan fingerprint density at radius 1 is 0.938 bits per heavy atom. The zero-order valence-electron chi connectivity index (χ0n) is 28.7. The second-order valence-electron chi connectivity index (χ2n) is 12.8. The Balaban J connectivity index is 1.44. The highest BCUT2D eigenvalue weighted by atomic mass is 127. The molecule has 0 fully saturated rings. The lowest BCUT2D eigenvalue weighted by Crippen LogP contribution is -2.20. The number of aliphatic hydroxyl groups excluding tert-OH is 1. The van der Waals surface area contributed by atoms with E-state index in [2.05, 4.69) is 129 Å². The Morgan fingerprint density at radius 3 is 2.29 bits per heavy atom. The number of thiophene rings is 1. The number of ether oxygens (including phenoxy) is 4. The highest BCUT2D eigenvalue weighted by Crippen LogP contribution is 2.46. The van der Waals surface area contributed by atoms with Gasteiger partial charge in [-0.05, 0) is 99.8 Å². The molecule has 0 bridgehead atoms. The van der Waals surface area contributed by atoms with Gasteiger partial charge in [0.1, 0.15) is 21.4 Å². The summed E-state index contributed by atoms with van der Waals surface area (Å²) in [6, 6.07) is 13.0. The number of unbranched alkanes of at least 4 members (excludes halogenated alkanes) is 3. The van der Waals surface area contributed by atoms with Crippen molar-refractivity contribution in [1.82, 2.24) is 0 Å². The van der Waals surface area contributed by atoms with Gasteiger partial charge in [-0.25, -0.2) is 0 Å². The summed E-state index contributed by atoms with van der Waals surface area (Å²) < 4.78 is 26.3. The van der Waals surface area contributed by atoms with E-state index in [1.807, 2.05) is 6.92 Å². The highest BCUT2D eigenvalue weighted by molar-refractivity contribution is 14.1. The monoisotopic (exact) mass is 934 g/mol. The number of hydrogen-bond donors (Lipinski definition) is 1. The third-order valence-corrected chi connectivity index (χ3v) is 14.3. The highest BCUT2D eigenvalue weighted by Gasteiger charge is 2.31. The SMILES string of the molecule is CCCCCC(C)c1ccc(OCCCCOc2ccc(C(C)(C)CI)cc2C2=CSC(Br)C2O)c(-c2csc(Br)c2OCOCC)c1. The van der Waals surface area contributed by atoms with Gasteiger partial charge in [-0.15, -0.1) is 23.1 Å². The van der Waals surface area contributed by atoms with Crippen molar-refractivity contribution in [2.75, 3.05) is 31.0 Å². The molecule has 3 aromatic rings. The molecule has 2 aromatic carbocycles. The minimum atomic E-state index is -0.586. The number of benzene rings is 2. The molecule has 0 aliphatic carbocycles. The van der Waals surface area contributed by atoms with Gasteiger partial charge < -0.3 is 24.1 Å². The van der Waals surface area contributed by atoms with Gasteiger partial charge in [0, 0.05) is 33.1 Å². The van der Waals surface area contributed by atoms with Gasteiger partial charge in [-0.3, -0.25) is 0 Å². The van der Waals surface area contributed by atoms with Crippen molar-refractivity contribution >= 4 is 83.1 Å². The molecule has 0 radical (unpaired) electrons. The molecule has 3 atom stereocenters. The number of rotatable bonds is 20. The predicted octanol–water partition coefficient (Wildman–Crippen LogP) is 12.4. The van der Waals surface area contributed by atoms with Crippen LogP contribution >= 0.6 is 77.5 Å².